The topological polar surface area (TPSA) is 118 Å². The zero-order chi connectivity index (χ0) is 36.2. The largest absolute Gasteiger partial charge is 0.457 e. The Kier molecular flexibility index (Phi) is 14.9. The maximum absolute atomic E-state index is 14.4. The van der Waals surface area contributed by atoms with Crippen LogP contribution in [-0.2, 0) is 12.4 Å². The molecule has 4 rings (SSSR count). The molecule has 0 atom stereocenters. The first-order valence-corrected chi connectivity index (χ1v) is 14.6. The van der Waals surface area contributed by atoms with E-state index in [1.165, 1.54) is 49.6 Å². The number of hydrogen-bond acceptors (Lipinski definition) is 5. The molecular weight excluding hydrogens is 740 g/mol. The highest BCUT2D eigenvalue weighted by molar-refractivity contribution is 6.40. The molecule has 5 N–H and O–H groups in total. The van der Waals surface area contributed by atoms with Gasteiger partial charge in [0.15, 0.2) is 0 Å². The summed E-state index contributed by atoms with van der Waals surface area (Å²) < 4.78 is 95.0. The summed E-state index contributed by atoms with van der Waals surface area (Å²) in [6.45, 7) is 0. The van der Waals surface area contributed by atoms with E-state index in [0.29, 0.717) is 6.07 Å². The average molecular weight is 762 g/mol. The van der Waals surface area contributed by atoms with Crippen LogP contribution in [0.25, 0.3) is 0 Å². The third-order valence-electron chi connectivity index (χ3n) is 5.44. The van der Waals surface area contributed by atoms with Crippen molar-refractivity contribution in [3.8, 4) is 11.5 Å². The Morgan fingerprint density at radius 2 is 1.38 bits per heavy atom. The summed E-state index contributed by atoms with van der Waals surface area (Å²) in [7, 11) is 1.44. The van der Waals surface area contributed by atoms with Crippen LogP contribution in [0.1, 0.15) is 21.6 Å². The molecule has 0 spiro atoms. The number of hydrogen-bond donors (Lipinski definition) is 4. The fraction of sp³-hybridized carbons (Fsp3) is 0.138. The Bertz CT molecular complexity index is 1730. The van der Waals surface area contributed by atoms with E-state index in [2.05, 4.69) is 20.9 Å². The highest BCUT2D eigenvalue weighted by atomic mass is 35.5. The van der Waals surface area contributed by atoms with E-state index in [4.69, 9.17) is 56.9 Å². The summed E-state index contributed by atoms with van der Waals surface area (Å²) in [5.74, 6) is -1.000. The number of amides is 3. The van der Waals surface area contributed by atoms with Gasteiger partial charge in [0, 0.05) is 36.8 Å². The molecule has 1 heterocycles. The summed E-state index contributed by atoms with van der Waals surface area (Å²) in [6.07, 6.45) is -7.80. The number of nitrogens with two attached hydrogens (primary N) is 1. The van der Waals surface area contributed by atoms with Gasteiger partial charge in [0.05, 0.1) is 32.2 Å². The maximum Gasteiger partial charge on any atom is 0.417 e. The standard InChI is InChI=1S/C21H15ClF4N4O3.C7H5ClF3N.CH2Cl2/c1-27-19(31)18-10-13(6-7-28-18)33-12-3-5-17(16(23)9-12)30-20(32)29-11-2-4-15(22)14(8-11)21(24,25)26;8-6-2-1-4(12)3-5(6)7(9,10)11;2-1-3/h2-10H,1H3,(H,27,31)(H2,29,30,32);1-3H,12H2;1H2/i23-1;;. The van der Waals surface area contributed by atoms with Crippen molar-refractivity contribution in [2.75, 3.05) is 28.8 Å². The molecule has 3 amide bonds. The van der Waals surface area contributed by atoms with Crippen LogP contribution in [0.2, 0.25) is 10.0 Å². The number of pyridine rings is 1. The molecule has 0 radical (unpaired) electrons. The molecule has 258 valence electrons. The minimum atomic E-state index is -4.71. The fourth-order valence-corrected chi connectivity index (χ4v) is 3.84. The number of carbonyl (C=O) groups excluding carboxylic acids is 2. The summed E-state index contributed by atoms with van der Waals surface area (Å²) in [5.41, 5.74) is 2.86. The van der Waals surface area contributed by atoms with Crippen molar-refractivity contribution in [3.05, 3.63) is 106 Å². The SMILES string of the molecule is CNC(=O)c1cc(Oc2ccc(NC(=O)Nc3ccc(Cl)c(C(F)(F)F)c3)c([18F])c2)ccn1.ClCCl.Nc1ccc(Cl)c(C(F)(F)F)c1. The molecule has 0 aliphatic carbocycles. The molecule has 48 heavy (non-hydrogen) atoms. The first-order valence-electron chi connectivity index (χ1n) is 12.7. The first kappa shape index (κ1) is 40.0. The molecule has 0 unspecified atom stereocenters. The van der Waals surface area contributed by atoms with E-state index in [9.17, 15) is 40.3 Å². The lowest BCUT2D eigenvalue weighted by Gasteiger charge is -2.13. The van der Waals surface area contributed by atoms with Crippen molar-refractivity contribution < 1.29 is 45.1 Å². The highest BCUT2D eigenvalue weighted by Gasteiger charge is 2.34. The number of anilines is 3. The second-order valence-corrected chi connectivity index (χ2v) is 10.4. The van der Waals surface area contributed by atoms with E-state index in [-0.39, 0.29) is 44.6 Å². The van der Waals surface area contributed by atoms with Gasteiger partial charge >= 0.3 is 18.4 Å². The number of halogens is 11. The molecule has 0 saturated heterocycles. The van der Waals surface area contributed by atoms with Crippen LogP contribution >= 0.6 is 46.4 Å². The number of carbonyl (C=O) groups is 2. The third-order valence-corrected chi connectivity index (χ3v) is 6.10. The van der Waals surface area contributed by atoms with Gasteiger partial charge in [-0.3, -0.25) is 9.78 Å². The normalized spacial score (nSPS) is 10.8. The van der Waals surface area contributed by atoms with Gasteiger partial charge in [0.1, 0.15) is 23.0 Å². The minimum Gasteiger partial charge on any atom is -0.457 e. The zero-order valence-corrected chi connectivity index (χ0v) is 27.1. The molecule has 0 fully saturated rings. The molecule has 0 saturated carbocycles. The predicted molar refractivity (Wildman–Crippen MR) is 171 cm³/mol. The van der Waals surface area contributed by atoms with Gasteiger partial charge in [0.25, 0.3) is 5.91 Å². The number of aromatic nitrogens is 1. The predicted octanol–water partition coefficient (Wildman–Crippen LogP) is 10.1. The van der Waals surface area contributed by atoms with E-state index < -0.39 is 46.3 Å². The van der Waals surface area contributed by atoms with Crippen LogP contribution in [0.3, 0.4) is 0 Å². The van der Waals surface area contributed by atoms with E-state index >= 15 is 0 Å². The number of nitrogen functional groups attached to an aromatic ring is 1. The van der Waals surface area contributed by atoms with Gasteiger partial charge < -0.3 is 26.4 Å². The lowest BCUT2D eigenvalue weighted by Crippen LogP contribution is -2.20. The monoisotopic (exact) mass is 760 g/mol. The summed E-state index contributed by atoms with van der Waals surface area (Å²) in [5, 5.41) is 6.13. The number of nitrogens with zero attached hydrogens (tertiary/aromatic N) is 1. The molecular formula is C29H22Cl4F7N5O3. The van der Waals surface area contributed by atoms with Gasteiger partial charge in [-0.2, -0.15) is 26.3 Å². The number of alkyl halides is 8. The van der Waals surface area contributed by atoms with Crippen molar-refractivity contribution in [3.63, 3.8) is 0 Å². The number of ether oxygens (including phenoxy) is 1. The Labute approximate surface area is 288 Å². The molecule has 3 aromatic carbocycles. The average Bonchev–Trinajstić information content (AvgIpc) is 3.00. The van der Waals surface area contributed by atoms with Crippen LogP contribution in [0.5, 0.6) is 11.5 Å². The molecule has 0 aliphatic heterocycles. The second-order valence-electron chi connectivity index (χ2n) is 8.81. The molecule has 0 bridgehead atoms. The Morgan fingerprint density at radius 1 is 0.812 bits per heavy atom. The quantitative estimate of drug-likeness (QED) is 0.0918. The third kappa shape index (κ3) is 12.4. The Balaban J connectivity index is 0.000000443. The van der Waals surface area contributed by atoms with Crippen molar-refractivity contribution in [1.82, 2.24) is 10.3 Å². The van der Waals surface area contributed by atoms with E-state index in [1.807, 2.05) is 0 Å². The maximum atomic E-state index is 14.4. The number of urea groups is 1. The molecule has 19 heteroatoms. The number of rotatable bonds is 5. The van der Waals surface area contributed by atoms with Gasteiger partial charge in [0.2, 0.25) is 0 Å². The lowest BCUT2D eigenvalue weighted by molar-refractivity contribution is -0.138. The molecule has 4 aromatic rings. The first-order chi connectivity index (χ1) is 22.4. The van der Waals surface area contributed by atoms with Crippen molar-refractivity contribution >= 4 is 75.4 Å². The summed E-state index contributed by atoms with van der Waals surface area (Å²) in [4.78, 5) is 27.6. The lowest BCUT2D eigenvalue weighted by atomic mass is 10.2. The van der Waals surface area contributed by atoms with Crippen LogP contribution in [0, 0.1) is 5.82 Å². The van der Waals surface area contributed by atoms with Gasteiger partial charge in [-0.25, -0.2) is 9.18 Å². The van der Waals surface area contributed by atoms with Gasteiger partial charge in [-0.15, -0.1) is 23.2 Å². The van der Waals surface area contributed by atoms with Gasteiger partial charge in [-0.1, -0.05) is 23.2 Å². The smallest absolute Gasteiger partial charge is 0.417 e. The second kappa shape index (κ2) is 17.8. The van der Waals surface area contributed by atoms with E-state index in [1.54, 1.807) is 0 Å². The Morgan fingerprint density at radius 3 is 1.92 bits per heavy atom. The van der Waals surface area contributed by atoms with Crippen LogP contribution in [0.15, 0.2) is 72.9 Å². The van der Waals surface area contributed by atoms with E-state index in [0.717, 1.165) is 24.3 Å². The fourth-order valence-electron chi connectivity index (χ4n) is 3.39. The highest BCUT2D eigenvalue weighted by Crippen LogP contribution is 2.37. The zero-order valence-electron chi connectivity index (χ0n) is 24.0. The summed E-state index contributed by atoms with van der Waals surface area (Å²) in [6, 6.07) is 11.5. The molecule has 1 aromatic heterocycles. The minimum absolute atomic E-state index is 0.0479. The molecule has 0 aliphatic rings. The number of benzene rings is 3. The Hall–Kier alpha value is -4.18. The van der Waals surface area contributed by atoms with Crippen LogP contribution in [-0.4, -0.2) is 29.3 Å². The number of nitrogens with one attached hydrogen (secondary N) is 3. The van der Waals surface area contributed by atoms with Crippen molar-refractivity contribution in [2.45, 2.75) is 12.4 Å². The van der Waals surface area contributed by atoms with Crippen LogP contribution < -0.4 is 26.4 Å². The van der Waals surface area contributed by atoms with Gasteiger partial charge in [-0.05, 0) is 54.6 Å². The summed E-state index contributed by atoms with van der Waals surface area (Å²) >= 11 is 20.4. The van der Waals surface area contributed by atoms with Crippen molar-refractivity contribution in [1.29, 1.82) is 0 Å². The molecule has 8 nitrogen and oxygen atoms in total. The van der Waals surface area contributed by atoms with Crippen LogP contribution in [0.4, 0.5) is 52.6 Å². The van der Waals surface area contributed by atoms with Crippen molar-refractivity contribution in [2.24, 2.45) is 0 Å².